The van der Waals surface area contributed by atoms with Gasteiger partial charge in [-0.05, 0) is 120 Å². The number of nitrogens with zero attached hydrogens (tertiary/aromatic N) is 2. The lowest BCUT2D eigenvalue weighted by molar-refractivity contribution is -0.537. The molecular formula is C54H77N2+. The Balaban J connectivity index is 1.69. The van der Waals surface area contributed by atoms with E-state index in [0.717, 1.165) is 18.7 Å². The summed E-state index contributed by atoms with van der Waals surface area (Å²) in [4.78, 5) is 0. The van der Waals surface area contributed by atoms with E-state index in [1.54, 1.807) is 11.1 Å². The summed E-state index contributed by atoms with van der Waals surface area (Å²) in [5.41, 5.74) is 14.8. The minimum Gasteiger partial charge on any atom is -0.0885 e. The van der Waals surface area contributed by atoms with E-state index >= 15 is 0 Å². The van der Waals surface area contributed by atoms with Crippen molar-refractivity contribution in [2.45, 2.75) is 176 Å². The maximum atomic E-state index is 5.41. The molecule has 0 aliphatic carbocycles. The highest BCUT2D eigenvalue weighted by molar-refractivity contribution is 5.87. The first-order valence-electron chi connectivity index (χ1n) is 23.1. The average molecular weight is 754 g/mol. The Labute approximate surface area is 344 Å². The van der Waals surface area contributed by atoms with Gasteiger partial charge in [-0.15, -0.1) is 0 Å². The van der Waals surface area contributed by atoms with E-state index in [9.17, 15) is 0 Å². The van der Waals surface area contributed by atoms with Crippen LogP contribution in [0.2, 0.25) is 0 Å². The molecule has 0 spiro atoms. The molecule has 4 rings (SSSR count). The van der Waals surface area contributed by atoms with Crippen LogP contribution in [0, 0.1) is 6.92 Å². The van der Waals surface area contributed by atoms with Gasteiger partial charge in [0, 0.05) is 13.0 Å². The van der Waals surface area contributed by atoms with E-state index in [1.165, 1.54) is 173 Å². The molecule has 0 amide bonds. The zero-order valence-corrected chi connectivity index (χ0v) is 36.6. The molecular weight excluding hydrogens is 677 g/mol. The lowest BCUT2D eigenvalue weighted by Crippen LogP contribution is -2.06. The number of benzene rings is 4. The zero-order chi connectivity index (χ0) is 39.8. The minimum atomic E-state index is 0.815. The van der Waals surface area contributed by atoms with E-state index in [-0.39, 0.29) is 0 Å². The first-order chi connectivity index (χ1) is 27.5. The summed E-state index contributed by atoms with van der Waals surface area (Å²) in [6, 6.07) is 31.6. The van der Waals surface area contributed by atoms with Gasteiger partial charge < -0.3 is 0 Å². The van der Waals surface area contributed by atoms with Crippen molar-refractivity contribution in [2.24, 2.45) is 5.11 Å². The van der Waals surface area contributed by atoms with E-state index in [4.69, 9.17) is 5.11 Å². The molecule has 4 aromatic carbocycles. The minimum absolute atomic E-state index is 0.815. The summed E-state index contributed by atoms with van der Waals surface area (Å²) in [5.74, 6) is 0. The summed E-state index contributed by atoms with van der Waals surface area (Å²) in [7, 11) is 0. The molecule has 0 unspecified atom stereocenters. The lowest BCUT2D eigenvalue weighted by Gasteiger charge is -2.17. The van der Waals surface area contributed by atoms with Gasteiger partial charge >= 0.3 is 0 Å². The summed E-state index contributed by atoms with van der Waals surface area (Å²) < 4.78 is 2.22. The molecule has 0 radical (unpaired) electrons. The predicted octanol–water partition coefficient (Wildman–Crippen LogP) is 17.2. The molecule has 0 aromatic heterocycles. The maximum absolute atomic E-state index is 5.41. The van der Waals surface area contributed by atoms with Crippen LogP contribution in [0.25, 0.3) is 28.3 Å². The molecule has 0 aliphatic rings. The Kier molecular flexibility index (Phi) is 21.0. The first-order valence-corrected chi connectivity index (χ1v) is 23.1. The molecule has 0 aliphatic heterocycles. The van der Waals surface area contributed by atoms with Crippen LogP contribution in [0.3, 0.4) is 0 Å². The van der Waals surface area contributed by atoms with Gasteiger partial charge in [0.15, 0.2) is 6.54 Å². The van der Waals surface area contributed by atoms with Crippen molar-refractivity contribution in [3.63, 3.8) is 0 Å². The Morgan fingerprint density at radius 3 is 1.59 bits per heavy atom. The second-order valence-electron chi connectivity index (χ2n) is 16.4. The van der Waals surface area contributed by atoms with E-state index in [0.29, 0.717) is 0 Å². The standard InChI is InChI=1S/C54H77N2/c1-7-11-14-17-20-25-36-49-41-46(39-44(5)52(49)38-31-22-19-16-13-9-3)40-45(6)56(10-4)55-51-42-50(37-26-21-18-15-12-8-2)54(48-34-29-24-30-35-48)53(43-51)47-32-27-23-28-33-47/h23-24,27-30,32-35,39-43H,7-22,25-26,31,36-38H2,1-6H3/q+1. The number of aryl methyl sites for hydroxylation is 3. The molecule has 0 fully saturated rings. The monoisotopic (exact) mass is 754 g/mol. The molecule has 0 atom stereocenters. The third-order valence-electron chi connectivity index (χ3n) is 11.6. The first kappa shape index (κ1) is 44.9. The van der Waals surface area contributed by atoms with Gasteiger partial charge in [-0.2, -0.15) is 0 Å². The summed E-state index contributed by atoms with van der Waals surface area (Å²) in [6.07, 6.45) is 29.8. The zero-order valence-electron chi connectivity index (χ0n) is 36.6. The number of hydrogen-bond donors (Lipinski definition) is 0. The van der Waals surface area contributed by atoms with Crippen LogP contribution in [-0.2, 0) is 19.3 Å². The van der Waals surface area contributed by atoms with Gasteiger partial charge in [-0.3, -0.25) is 0 Å². The second kappa shape index (κ2) is 26.2. The van der Waals surface area contributed by atoms with Gasteiger partial charge in [0.25, 0.3) is 0 Å². The van der Waals surface area contributed by atoms with Gasteiger partial charge in [-0.25, -0.2) is 0 Å². The van der Waals surface area contributed by atoms with Crippen molar-refractivity contribution in [1.82, 2.24) is 0 Å². The predicted molar refractivity (Wildman–Crippen MR) is 246 cm³/mol. The van der Waals surface area contributed by atoms with Gasteiger partial charge in [-0.1, -0.05) is 195 Å². The Morgan fingerprint density at radius 2 is 1.04 bits per heavy atom. The molecule has 2 heteroatoms. The summed E-state index contributed by atoms with van der Waals surface area (Å²) in [6.45, 7) is 14.6. The molecule has 0 heterocycles. The quantitative estimate of drug-likeness (QED) is 0.0327. The average Bonchev–Trinajstić information content (AvgIpc) is 3.22. The van der Waals surface area contributed by atoms with Crippen LogP contribution in [0.1, 0.15) is 178 Å². The van der Waals surface area contributed by atoms with Crippen molar-refractivity contribution in [3.05, 3.63) is 118 Å². The van der Waals surface area contributed by atoms with Crippen molar-refractivity contribution >= 4 is 11.8 Å². The number of rotatable bonds is 27. The molecule has 302 valence electrons. The number of azo groups is 2. The van der Waals surface area contributed by atoms with Crippen LogP contribution in [-0.4, -0.2) is 11.2 Å². The Hall–Kier alpha value is -3.78. The van der Waals surface area contributed by atoms with Crippen molar-refractivity contribution in [2.75, 3.05) is 6.54 Å². The summed E-state index contributed by atoms with van der Waals surface area (Å²) >= 11 is 0. The molecule has 2 nitrogen and oxygen atoms in total. The van der Waals surface area contributed by atoms with Crippen molar-refractivity contribution < 1.29 is 4.70 Å². The van der Waals surface area contributed by atoms with E-state index < -0.39 is 0 Å². The Morgan fingerprint density at radius 1 is 0.536 bits per heavy atom. The number of allylic oxidation sites excluding steroid dienone is 1. The third-order valence-corrected chi connectivity index (χ3v) is 11.6. The number of hydrogen-bond acceptors (Lipinski definition) is 1. The molecule has 0 bridgehead atoms. The SMILES string of the molecule is CCCCCCCCc1cc(C=C(C)[N+](CC)=Nc2cc(CCCCCCCC)c(-c3ccccc3)c(-c3ccccc3)c2)cc(C)c1CCCCCCCC. The summed E-state index contributed by atoms with van der Waals surface area (Å²) in [5, 5.41) is 5.41. The topological polar surface area (TPSA) is 15.4 Å². The highest BCUT2D eigenvalue weighted by Gasteiger charge is 2.18. The van der Waals surface area contributed by atoms with E-state index in [2.05, 4.69) is 137 Å². The van der Waals surface area contributed by atoms with Crippen molar-refractivity contribution in [3.8, 4) is 22.3 Å². The third kappa shape index (κ3) is 14.9. The fourth-order valence-electron chi connectivity index (χ4n) is 8.44. The highest BCUT2D eigenvalue weighted by atomic mass is 15.3. The molecule has 0 N–H and O–H groups in total. The van der Waals surface area contributed by atoms with Crippen LogP contribution in [0.15, 0.2) is 95.7 Å². The normalized spacial score (nSPS) is 12.1. The molecule has 56 heavy (non-hydrogen) atoms. The van der Waals surface area contributed by atoms with Gasteiger partial charge in [0.05, 0.1) is 0 Å². The van der Waals surface area contributed by atoms with E-state index in [1.807, 2.05) is 0 Å². The van der Waals surface area contributed by atoms with Crippen molar-refractivity contribution in [1.29, 1.82) is 0 Å². The molecule has 0 saturated carbocycles. The highest BCUT2D eigenvalue weighted by Crippen LogP contribution is 2.39. The van der Waals surface area contributed by atoms with Crippen LogP contribution >= 0.6 is 0 Å². The van der Waals surface area contributed by atoms with Crippen LogP contribution in [0.5, 0.6) is 0 Å². The molecule has 4 aromatic rings. The second-order valence-corrected chi connectivity index (χ2v) is 16.4. The fourth-order valence-corrected chi connectivity index (χ4v) is 8.44. The molecule has 0 saturated heterocycles. The van der Waals surface area contributed by atoms with Gasteiger partial charge in [0.2, 0.25) is 5.70 Å². The maximum Gasteiger partial charge on any atom is 0.206 e. The van der Waals surface area contributed by atoms with Crippen LogP contribution in [0.4, 0.5) is 5.69 Å². The Bertz CT molecular complexity index is 1750. The lowest BCUT2D eigenvalue weighted by atomic mass is 9.88. The largest absolute Gasteiger partial charge is 0.206 e. The fraction of sp³-hybridized carbons (Fsp3) is 0.519. The van der Waals surface area contributed by atoms with Crippen LogP contribution < -0.4 is 0 Å². The number of unbranched alkanes of at least 4 members (excludes halogenated alkanes) is 15. The van der Waals surface area contributed by atoms with Gasteiger partial charge in [0.1, 0.15) is 5.69 Å². The smallest absolute Gasteiger partial charge is 0.0885 e.